The van der Waals surface area contributed by atoms with Crippen LogP contribution in [0.25, 0.3) is 6.08 Å². The molecule has 1 aliphatic rings. The van der Waals surface area contributed by atoms with Gasteiger partial charge in [0.1, 0.15) is 4.32 Å². The Morgan fingerprint density at radius 3 is 2.71 bits per heavy atom. The van der Waals surface area contributed by atoms with Crippen molar-refractivity contribution >= 4 is 69.5 Å². The average molecular weight is 361 g/mol. The second-order valence-corrected chi connectivity index (χ2v) is 6.62. The number of thiocarbonyl (C=S) groups is 1. The standard InChI is InChI=1S/C13H9Cl2NO3S2/c14-8-2-1-7(5-9(8)15)6-10-12(19)16(13(20)21-10)4-3-11(17)18/h1-2,5-6H,3-4H2,(H,17,18)/p-1/b10-6-. The van der Waals surface area contributed by atoms with Crippen LogP contribution in [-0.4, -0.2) is 27.6 Å². The lowest BCUT2D eigenvalue weighted by Crippen LogP contribution is -2.33. The number of benzene rings is 1. The van der Waals surface area contributed by atoms with E-state index in [-0.39, 0.29) is 18.9 Å². The van der Waals surface area contributed by atoms with Crippen LogP contribution in [0.3, 0.4) is 0 Å². The van der Waals surface area contributed by atoms with Crippen molar-refractivity contribution in [3.63, 3.8) is 0 Å². The van der Waals surface area contributed by atoms with Crippen molar-refractivity contribution in [2.45, 2.75) is 6.42 Å². The normalized spacial score (nSPS) is 16.9. The Kier molecular flexibility index (Phi) is 5.27. The fourth-order valence-corrected chi connectivity index (χ4v) is 3.26. The van der Waals surface area contributed by atoms with Crippen molar-refractivity contribution in [2.75, 3.05) is 6.54 Å². The smallest absolute Gasteiger partial charge is 0.266 e. The Hall–Kier alpha value is -1.08. The maximum atomic E-state index is 12.2. The first-order valence-corrected chi connectivity index (χ1v) is 7.77. The number of thioether (sulfide) groups is 1. The van der Waals surface area contributed by atoms with E-state index < -0.39 is 5.97 Å². The molecule has 1 aliphatic heterocycles. The van der Waals surface area contributed by atoms with Crippen LogP contribution in [0.4, 0.5) is 0 Å². The second-order valence-electron chi connectivity index (χ2n) is 4.13. The molecule has 0 saturated carbocycles. The number of amides is 1. The summed E-state index contributed by atoms with van der Waals surface area (Å²) < 4.78 is 0.326. The second kappa shape index (κ2) is 6.79. The Balaban J connectivity index is 2.19. The average Bonchev–Trinajstić information content (AvgIpc) is 2.67. The fraction of sp³-hybridized carbons (Fsp3) is 0.154. The first kappa shape index (κ1) is 16.3. The number of carboxylic acids is 1. The van der Waals surface area contributed by atoms with E-state index in [2.05, 4.69) is 0 Å². The third kappa shape index (κ3) is 3.97. The SMILES string of the molecule is O=C([O-])CCN1C(=O)/C(=C/c2ccc(Cl)c(Cl)c2)SC1=S. The number of carbonyl (C=O) groups excluding carboxylic acids is 2. The topological polar surface area (TPSA) is 60.4 Å². The molecule has 2 rings (SSSR count). The lowest BCUT2D eigenvalue weighted by Gasteiger charge is -2.14. The highest BCUT2D eigenvalue weighted by molar-refractivity contribution is 8.26. The number of hydrogen-bond donors (Lipinski definition) is 0. The lowest BCUT2D eigenvalue weighted by atomic mass is 10.2. The molecule has 1 saturated heterocycles. The summed E-state index contributed by atoms with van der Waals surface area (Å²) in [4.78, 5) is 24.3. The molecule has 1 aromatic carbocycles. The molecule has 0 aliphatic carbocycles. The van der Waals surface area contributed by atoms with Gasteiger partial charge in [-0.05, 0) is 23.8 Å². The highest BCUT2D eigenvalue weighted by atomic mass is 35.5. The van der Waals surface area contributed by atoms with Gasteiger partial charge in [0, 0.05) is 18.9 Å². The van der Waals surface area contributed by atoms with E-state index in [4.69, 9.17) is 35.4 Å². The third-order valence-electron chi connectivity index (χ3n) is 2.65. The van der Waals surface area contributed by atoms with E-state index in [0.29, 0.717) is 24.8 Å². The maximum absolute atomic E-state index is 12.2. The van der Waals surface area contributed by atoms with Gasteiger partial charge in [0.05, 0.1) is 15.0 Å². The van der Waals surface area contributed by atoms with Crippen LogP contribution in [0.2, 0.25) is 10.0 Å². The Labute approximate surface area is 140 Å². The molecule has 4 nitrogen and oxygen atoms in total. The fourth-order valence-electron chi connectivity index (χ4n) is 1.65. The quantitative estimate of drug-likeness (QED) is 0.609. The molecule has 0 bridgehead atoms. The van der Waals surface area contributed by atoms with Crippen LogP contribution in [0.1, 0.15) is 12.0 Å². The summed E-state index contributed by atoms with van der Waals surface area (Å²) in [5.41, 5.74) is 0.713. The summed E-state index contributed by atoms with van der Waals surface area (Å²) in [6, 6.07) is 4.99. The molecule has 0 N–H and O–H groups in total. The number of hydrogen-bond acceptors (Lipinski definition) is 5. The summed E-state index contributed by atoms with van der Waals surface area (Å²) in [6.45, 7) is 0.00567. The first-order chi connectivity index (χ1) is 9.88. The number of carbonyl (C=O) groups is 2. The minimum Gasteiger partial charge on any atom is -0.550 e. The minimum absolute atomic E-state index is 0.00567. The largest absolute Gasteiger partial charge is 0.550 e. The molecule has 0 unspecified atom stereocenters. The van der Waals surface area contributed by atoms with Crippen LogP contribution in [0, 0.1) is 0 Å². The highest BCUT2D eigenvalue weighted by Gasteiger charge is 2.31. The highest BCUT2D eigenvalue weighted by Crippen LogP contribution is 2.33. The van der Waals surface area contributed by atoms with E-state index in [9.17, 15) is 14.7 Å². The van der Waals surface area contributed by atoms with Gasteiger partial charge in [0.2, 0.25) is 0 Å². The van der Waals surface area contributed by atoms with Crippen molar-refractivity contribution in [2.24, 2.45) is 0 Å². The van der Waals surface area contributed by atoms with E-state index in [1.807, 2.05) is 0 Å². The molecule has 110 valence electrons. The molecule has 21 heavy (non-hydrogen) atoms. The molecule has 0 atom stereocenters. The Morgan fingerprint density at radius 2 is 2.10 bits per heavy atom. The zero-order valence-corrected chi connectivity index (χ0v) is 13.6. The van der Waals surface area contributed by atoms with E-state index in [0.717, 1.165) is 11.8 Å². The number of nitrogens with zero attached hydrogens (tertiary/aromatic N) is 1. The van der Waals surface area contributed by atoms with Crippen molar-refractivity contribution in [1.29, 1.82) is 0 Å². The summed E-state index contributed by atoms with van der Waals surface area (Å²) in [7, 11) is 0. The predicted octanol–water partition coefficient (Wildman–Crippen LogP) is 2.33. The van der Waals surface area contributed by atoms with Gasteiger partial charge in [0.15, 0.2) is 0 Å². The number of carboxylic acid groups (broad SMARTS) is 1. The van der Waals surface area contributed by atoms with E-state index in [1.54, 1.807) is 24.3 Å². The van der Waals surface area contributed by atoms with Gasteiger partial charge in [-0.3, -0.25) is 9.69 Å². The molecule has 0 radical (unpaired) electrons. The molecule has 1 fully saturated rings. The molecule has 8 heteroatoms. The molecule has 1 amide bonds. The van der Waals surface area contributed by atoms with E-state index >= 15 is 0 Å². The van der Waals surface area contributed by atoms with Crippen molar-refractivity contribution < 1.29 is 14.7 Å². The van der Waals surface area contributed by atoms with Gasteiger partial charge >= 0.3 is 0 Å². The predicted molar refractivity (Wildman–Crippen MR) is 86.0 cm³/mol. The molecular weight excluding hydrogens is 353 g/mol. The molecule has 1 heterocycles. The van der Waals surface area contributed by atoms with Crippen molar-refractivity contribution in [3.8, 4) is 0 Å². The van der Waals surface area contributed by atoms with Crippen LogP contribution < -0.4 is 5.11 Å². The summed E-state index contributed by atoms with van der Waals surface area (Å²) in [5, 5.41) is 11.3. The molecule has 0 spiro atoms. The van der Waals surface area contributed by atoms with Gasteiger partial charge in [-0.15, -0.1) is 0 Å². The van der Waals surface area contributed by atoms with Crippen LogP contribution >= 0.6 is 47.2 Å². The minimum atomic E-state index is -1.22. The summed E-state index contributed by atoms with van der Waals surface area (Å²) in [6.07, 6.45) is 1.38. The molecular formula is C13H8Cl2NO3S2-. The Morgan fingerprint density at radius 1 is 1.38 bits per heavy atom. The van der Waals surface area contributed by atoms with Gasteiger partial charge in [0.25, 0.3) is 5.91 Å². The number of rotatable bonds is 4. The number of aliphatic carboxylic acids is 1. The Bertz CT molecular complexity index is 661. The molecule has 0 aromatic heterocycles. The number of halogens is 2. The monoisotopic (exact) mass is 360 g/mol. The van der Waals surface area contributed by atoms with Crippen molar-refractivity contribution in [1.82, 2.24) is 4.90 Å². The van der Waals surface area contributed by atoms with Gasteiger partial charge in [-0.2, -0.15) is 0 Å². The van der Waals surface area contributed by atoms with Crippen LogP contribution in [0.5, 0.6) is 0 Å². The van der Waals surface area contributed by atoms with Crippen LogP contribution in [0.15, 0.2) is 23.1 Å². The van der Waals surface area contributed by atoms with Crippen molar-refractivity contribution in [3.05, 3.63) is 38.7 Å². The maximum Gasteiger partial charge on any atom is 0.266 e. The molecule has 1 aromatic rings. The zero-order valence-electron chi connectivity index (χ0n) is 10.5. The lowest BCUT2D eigenvalue weighted by molar-refractivity contribution is -0.305. The van der Waals surface area contributed by atoms with Crippen LogP contribution in [-0.2, 0) is 9.59 Å². The first-order valence-electron chi connectivity index (χ1n) is 5.79. The van der Waals surface area contributed by atoms with Gasteiger partial charge in [-0.25, -0.2) is 0 Å². The van der Waals surface area contributed by atoms with Gasteiger partial charge in [-0.1, -0.05) is 53.2 Å². The summed E-state index contributed by atoms with van der Waals surface area (Å²) in [5.74, 6) is -1.55. The van der Waals surface area contributed by atoms with E-state index in [1.165, 1.54) is 4.90 Å². The van der Waals surface area contributed by atoms with Gasteiger partial charge < -0.3 is 9.90 Å². The third-order valence-corrected chi connectivity index (χ3v) is 4.77. The summed E-state index contributed by atoms with van der Waals surface area (Å²) >= 11 is 17.9. The zero-order chi connectivity index (χ0) is 15.6.